The zero-order valence-electron chi connectivity index (χ0n) is 9.64. The van der Waals surface area contributed by atoms with E-state index >= 15 is 0 Å². The molecule has 0 fully saturated rings. The summed E-state index contributed by atoms with van der Waals surface area (Å²) < 4.78 is 1.49. The van der Waals surface area contributed by atoms with Crippen molar-refractivity contribution in [3.05, 3.63) is 11.9 Å². The van der Waals surface area contributed by atoms with Crippen LogP contribution in [0.15, 0.2) is 6.20 Å². The van der Waals surface area contributed by atoms with Crippen LogP contribution in [-0.4, -0.2) is 33.7 Å². The highest BCUT2D eigenvalue weighted by atomic mass is 16.2. The molecule has 86 valence electrons. The van der Waals surface area contributed by atoms with Crippen LogP contribution in [0, 0.1) is 11.3 Å². The average molecular weight is 221 g/mol. The second-order valence-corrected chi connectivity index (χ2v) is 3.73. The normalized spacial score (nSPS) is 11.9. The number of carbonyl (C=O) groups is 1. The summed E-state index contributed by atoms with van der Waals surface area (Å²) >= 11 is 0. The van der Waals surface area contributed by atoms with E-state index in [2.05, 4.69) is 5.10 Å². The quantitative estimate of drug-likeness (QED) is 0.799. The number of rotatable bonds is 3. The number of nitrogens with zero attached hydrogens (tertiary/aromatic N) is 4. The van der Waals surface area contributed by atoms with Crippen molar-refractivity contribution in [2.45, 2.75) is 19.4 Å². The number of carbonyl (C=O) groups excluding carboxylic acids is 1. The van der Waals surface area contributed by atoms with Gasteiger partial charge in [0.2, 0.25) is 0 Å². The van der Waals surface area contributed by atoms with E-state index in [0.717, 1.165) is 0 Å². The Bertz CT molecular complexity index is 431. The molecule has 6 nitrogen and oxygen atoms in total. The SMILES string of the molecule is CC(CC#N)N(C)C(=O)c1nn(C)cc1N. The Hall–Kier alpha value is -2.03. The third kappa shape index (κ3) is 2.31. The Labute approximate surface area is 94.2 Å². The van der Waals surface area contributed by atoms with Gasteiger partial charge in [-0.05, 0) is 6.92 Å². The van der Waals surface area contributed by atoms with Crippen LogP contribution in [0.4, 0.5) is 5.69 Å². The predicted molar refractivity (Wildman–Crippen MR) is 59.4 cm³/mol. The summed E-state index contributed by atoms with van der Waals surface area (Å²) in [6.45, 7) is 1.81. The van der Waals surface area contributed by atoms with Gasteiger partial charge in [-0.25, -0.2) is 0 Å². The molecular formula is C10H15N5O. The molecule has 1 rings (SSSR count). The summed E-state index contributed by atoms with van der Waals surface area (Å²) in [5.41, 5.74) is 6.24. The minimum absolute atomic E-state index is 0.154. The predicted octanol–water partition coefficient (Wildman–Crippen LogP) is 0.376. The first-order chi connectivity index (χ1) is 7.47. The molecule has 0 saturated carbocycles. The fraction of sp³-hybridized carbons (Fsp3) is 0.500. The largest absolute Gasteiger partial charge is 0.396 e. The van der Waals surface area contributed by atoms with Crippen molar-refractivity contribution in [3.8, 4) is 6.07 Å². The van der Waals surface area contributed by atoms with Crippen LogP contribution in [0.2, 0.25) is 0 Å². The highest BCUT2D eigenvalue weighted by molar-refractivity contribution is 5.97. The minimum Gasteiger partial charge on any atom is -0.396 e. The smallest absolute Gasteiger partial charge is 0.276 e. The molecular weight excluding hydrogens is 206 g/mol. The highest BCUT2D eigenvalue weighted by Crippen LogP contribution is 2.13. The zero-order valence-corrected chi connectivity index (χ0v) is 9.64. The highest BCUT2D eigenvalue weighted by Gasteiger charge is 2.21. The molecule has 1 aromatic rings. The molecule has 2 N–H and O–H groups in total. The summed E-state index contributed by atoms with van der Waals surface area (Å²) in [6.07, 6.45) is 1.87. The van der Waals surface area contributed by atoms with E-state index < -0.39 is 0 Å². The van der Waals surface area contributed by atoms with E-state index in [1.54, 1.807) is 27.2 Å². The number of nitrogen functional groups attached to an aromatic ring is 1. The van der Waals surface area contributed by atoms with Crippen LogP contribution >= 0.6 is 0 Å². The topological polar surface area (TPSA) is 87.9 Å². The molecule has 1 heterocycles. The van der Waals surface area contributed by atoms with E-state index in [-0.39, 0.29) is 24.1 Å². The molecule has 0 aliphatic carbocycles. The molecule has 1 unspecified atom stereocenters. The van der Waals surface area contributed by atoms with Crippen molar-refractivity contribution >= 4 is 11.6 Å². The lowest BCUT2D eigenvalue weighted by atomic mass is 10.2. The third-order valence-electron chi connectivity index (χ3n) is 2.43. The molecule has 0 bridgehead atoms. The van der Waals surface area contributed by atoms with Crippen LogP contribution < -0.4 is 5.73 Å². The van der Waals surface area contributed by atoms with Crippen LogP contribution in [0.1, 0.15) is 23.8 Å². The lowest BCUT2D eigenvalue weighted by molar-refractivity contribution is 0.0740. The van der Waals surface area contributed by atoms with Gasteiger partial charge in [-0.2, -0.15) is 10.4 Å². The van der Waals surface area contributed by atoms with Gasteiger partial charge < -0.3 is 10.6 Å². The van der Waals surface area contributed by atoms with Gasteiger partial charge in [0.15, 0.2) is 5.69 Å². The summed E-state index contributed by atoms with van der Waals surface area (Å²) in [7, 11) is 3.34. The number of anilines is 1. The van der Waals surface area contributed by atoms with Crippen molar-refractivity contribution in [2.24, 2.45) is 7.05 Å². The summed E-state index contributed by atoms with van der Waals surface area (Å²) in [5, 5.41) is 12.6. The Morgan fingerprint density at radius 3 is 2.88 bits per heavy atom. The zero-order chi connectivity index (χ0) is 12.3. The maximum Gasteiger partial charge on any atom is 0.276 e. The average Bonchev–Trinajstić information content (AvgIpc) is 2.56. The maximum absolute atomic E-state index is 12.0. The van der Waals surface area contributed by atoms with Gasteiger partial charge in [-0.1, -0.05) is 0 Å². The number of hydrogen-bond donors (Lipinski definition) is 1. The monoisotopic (exact) mass is 221 g/mol. The molecule has 1 amide bonds. The molecule has 6 heteroatoms. The molecule has 0 radical (unpaired) electrons. The van der Waals surface area contributed by atoms with Crippen LogP contribution in [-0.2, 0) is 7.05 Å². The van der Waals surface area contributed by atoms with Crippen molar-refractivity contribution < 1.29 is 4.79 Å². The lowest BCUT2D eigenvalue weighted by Gasteiger charge is -2.21. The van der Waals surface area contributed by atoms with Crippen LogP contribution in [0.25, 0.3) is 0 Å². The maximum atomic E-state index is 12.0. The first-order valence-corrected chi connectivity index (χ1v) is 4.90. The van der Waals surface area contributed by atoms with Crippen LogP contribution in [0.3, 0.4) is 0 Å². The van der Waals surface area contributed by atoms with Crippen molar-refractivity contribution in [2.75, 3.05) is 12.8 Å². The van der Waals surface area contributed by atoms with E-state index in [1.807, 2.05) is 6.07 Å². The van der Waals surface area contributed by atoms with Gasteiger partial charge in [0.05, 0.1) is 18.2 Å². The number of aryl methyl sites for hydroxylation is 1. The van der Waals surface area contributed by atoms with Crippen molar-refractivity contribution in [1.29, 1.82) is 5.26 Å². The minimum atomic E-state index is -0.263. The molecule has 1 aromatic heterocycles. The Morgan fingerprint density at radius 2 is 2.44 bits per heavy atom. The van der Waals surface area contributed by atoms with E-state index in [0.29, 0.717) is 5.69 Å². The fourth-order valence-corrected chi connectivity index (χ4v) is 1.31. The summed E-state index contributed by atoms with van der Waals surface area (Å²) in [5.74, 6) is -0.263. The second-order valence-electron chi connectivity index (χ2n) is 3.73. The summed E-state index contributed by atoms with van der Waals surface area (Å²) in [4.78, 5) is 13.4. The van der Waals surface area contributed by atoms with E-state index in [9.17, 15) is 4.79 Å². The standard InChI is InChI=1S/C10H15N5O/c1-7(4-5-11)15(3)10(16)9-8(12)6-14(2)13-9/h6-7H,4,12H2,1-3H3. The van der Waals surface area contributed by atoms with Gasteiger partial charge in [-0.15, -0.1) is 0 Å². The van der Waals surface area contributed by atoms with Gasteiger partial charge in [-0.3, -0.25) is 9.48 Å². The molecule has 0 aliphatic rings. The molecule has 0 aromatic carbocycles. The first-order valence-electron chi connectivity index (χ1n) is 4.90. The molecule has 0 spiro atoms. The molecule has 16 heavy (non-hydrogen) atoms. The van der Waals surface area contributed by atoms with Gasteiger partial charge in [0.1, 0.15) is 0 Å². The Morgan fingerprint density at radius 1 is 1.81 bits per heavy atom. The van der Waals surface area contributed by atoms with Gasteiger partial charge in [0.25, 0.3) is 5.91 Å². The van der Waals surface area contributed by atoms with Gasteiger partial charge >= 0.3 is 0 Å². The van der Waals surface area contributed by atoms with Crippen LogP contribution in [0.5, 0.6) is 0 Å². The second kappa shape index (κ2) is 4.66. The van der Waals surface area contributed by atoms with Crippen molar-refractivity contribution in [3.63, 3.8) is 0 Å². The first kappa shape index (κ1) is 12.0. The number of aromatic nitrogens is 2. The molecule has 1 atom stereocenters. The lowest BCUT2D eigenvalue weighted by Crippen LogP contribution is -2.35. The fourth-order valence-electron chi connectivity index (χ4n) is 1.31. The Balaban J connectivity index is 2.86. The third-order valence-corrected chi connectivity index (χ3v) is 2.43. The number of amides is 1. The molecule has 0 aliphatic heterocycles. The van der Waals surface area contributed by atoms with Crippen molar-refractivity contribution in [1.82, 2.24) is 14.7 Å². The summed E-state index contributed by atoms with van der Waals surface area (Å²) in [6, 6.07) is 1.87. The molecule has 0 saturated heterocycles. The van der Waals surface area contributed by atoms with E-state index in [1.165, 1.54) is 9.58 Å². The van der Waals surface area contributed by atoms with Gasteiger partial charge in [0, 0.05) is 26.3 Å². The Kier molecular flexibility index (Phi) is 3.51. The number of nitrogens with two attached hydrogens (primary N) is 1. The number of hydrogen-bond acceptors (Lipinski definition) is 4. The number of nitriles is 1. The van der Waals surface area contributed by atoms with E-state index in [4.69, 9.17) is 11.0 Å².